The first-order valence-corrected chi connectivity index (χ1v) is 10.4. The molecule has 0 bridgehead atoms. The zero-order chi connectivity index (χ0) is 18.6. The highest BCUT2D eigenvalue weighted by molar-refractivity contribution is 7.09. The van der Waals surface area contributed by atoms with E-state index in [-0.39, 0.29) is 12.5 Å². The van der Waals surface area contributed by atoms with E-state index in [1.54, 1.807) is 30.3 Å². The molecule has 2 rings (SSSR count). The monoisotopic (exact) mass is 380 g/mol. The van der Waals surface area contributed by atoms with Gasteiger partial charge in [-0.15, -0.1) is 11.3 Å². The Labute approximate surface area is 161 Å². The van der Waals surface area contributed by atoms with Gasteiger partial charge in [-0.05, 0) is 30.7 Å². The van der Waals surface area contributed by atoms with Crippen molar-refractivity contribution < 1.29 is 9.53 Å². The lowest BCUT2D eigenvalue weighted by Gasteiger charge is -2.22. The van der Waals surface area contributed by atoms with Crippen LogP contribution in [0.2, 0.25) is 0 Å². The van der Waals surface area contributed by atoms with Gasteiger partial charge in [-0.25, -0.2) is 4.99 Å². The predicted octanol–water partition coefficient (Wildman–Crippen LogP) is 2.61. The van der Waals surface area contributed by atoms with Crippen LogP contribution < -0.4 is 10.6 Å². The number of aliphatic imine (C=N–C) groups is 1. The van der Waals surface area contributed by atoms with E-state index in [1.165, 1.54) is 37.0 Å². The van der Waals surface area contributed by atoms with Crippen molar-refractivity contribution in [2.24, 2.45) is 4.99 Å². The Hall–Kier alpha value is -1.60. The van der Waals surface area contributed by atoms with E-state index < -0.39 is 0 Å². The van der Waals surface area contributed by atoms with Crippen LogP contribution in [0.1, 0.15) is 43.4 Å². The summed E-state index contributed by atoms with van der Waals surface area (Å²) in [6, 6.07) is 4.11. The first kappa shape index (κ1) is 20.7. The summed E-state index contributed by atoms with van der Waals surface area (Å²) in [6.07, 6.45) is 7.73. The maximum atomic E-state index is 11.8. The second-order valence-electron chi connectivity index (χ2n) is 6.80. The number of thiophene rings is 1. The molecule has 0 aromatic carbocycles. The van der Waals surface area contributed by atoms with Crippen molar-refractivity contribution in [1.29, 1.82) is 0 Å². The Kier molecular flexibility index (Phi) is 9.48. The number of rotatable bonds is 9. The molecular weight excluding hydrogens is 348 g/mol. The smallest absolute Gasteiger partial charge is 0.243 e. The summed E-state index contributed by atoms with van der Waals surface area (Å²) in [5.41, 5.74) is 0. The maximum Gasteiger partial charge on any atom is 0.243 e. The number of carbonyl (C=O) groups excluding carboxylic acids is 1. The molecule has 1 saturated carbocycles. The molecule has 1 amide bonds. The first-order valence-electron chi connectivity index (χ1n) is 9.51. The minimum Gasteiger partial charge on any atom is -0.378 e. The molecule has 0 unspecified atom stereocenters. The molecule has 26 heavy (non-hydrogen) atoms. The molecule has 7 heteroatoms. The SMILES string of the molecule is CN(C)C(=O)CN=C(NCCCOC1CCCCC1)NCc1cccs1. The fourth-order valence-electron chi connectivity index (χ4n) is 2.81. The van der Waals surface area contributed by atoms with Crippen LogP contribution in [0, 0.1) is 0 Å². The minimum absolute atomic E-state index is 0.0112. The van der Waals surface area contributed by atoms with Gasteiger partial charge in [0.25, 0.3) is 0 Å². The molecule has 0 radical (unpaired) electrons. The predicted molar refractivity (Wildman–Crippen MR) is 108 cm³/mol. The van der Waals surface area contributed by atoms with E-state index in [9.17, 15) is 4.79 Å². The number of amides is 1. The number of hydrogen-bond donors (Lipinski definition) is 2. The van der Waals surface area contributed by atoms with E-state index >= 15 is 0 Å². The highest BCUT2D eigenvalue weighted by Gasteiger charge is 2.13. The van der Waals surface area contributed by atoms with Crippen molar-refractivity contribution in [3.63, 3.8) is 0 Å². The molecule has 1 aromatic rings. The largest absolute Gasteiger partial charge is 0.378 e. The topological polar surface area (TPSA) is 66.0 Å². The lowest BCUT2D eigenvalue weighted by Crippen LogP contribution is -2.39. The molecule has 1 aromatic heterocycles. The van der Waals surface area contributed by atoms with E-state index in [1.807, 2.05) is 6.07 Å². The number of likely N-dealkylation sites (N-methyl/N-ethyl adjacent to an activating group) is 1. The molecule has 1 aliphatic carbocycles. The summed E-state index contributed by atoms with van der Waals surface area (Å²) in [6.45, 7) is 2.40. The lowest BCUT2D eigenvalue weighted by molar-refractivity contribution is -0.127. The standard InChI is InChI=1S/C19H32N4O2S/c1-23(2)18(24)15-22-19(21-14-17-10-6-13-26-17)20-11-7-12-25-16-8-4-3-5-9-16/h6,10,13,16H,3-5,7-9,11-12,14-15H2,1-2H3,(H2,20,21,22). The summed E-state index contributed by atoms with van der Waals surface area (Å²) in [5.74, 6) is 0.661. The van der Waals surface area contributed by atoms with Gasteiger partial charge in [-0.3, -0.25) is 4.79 Å². The second-order valence-corrected chi connectivity index (χ2v) is 7.83. The number of nitrogens with zero attached hydrogens (tertiary/aromatic N) is 2. The maximum absolute atomic E-state index is 11.8. The minimum atomic E-state index is -0.0112. The zero-order valence-corrected chi connectivity index (χ0v) is 16.8. The van der Waals surface area contributed by atoms with Crippen LogP contribution in [0.25, 0.3) is 0 Å². The van der Waals surface area contributed by atoms with Crippen molar-refractivity contribution in [2.75, 3.05) is 33.8 Å². The average molecular weight is 381 g/mol. The molecular formula is C19H32N4O2S. The molecule has 1 aliphatic rings. The quantitative estimate of drug-likeness (QED) is 0.393. The van der Waals surface area contributed by atoms with E-state index in [0.29, 0.717) is 18.6 Å². The van der Waals surface area contributed by atoms with Crippen LogP contribution in [0.3, 0.4) is 0 Å². The second kappa shape index (κ2) is 11.9. The third-order valence-electron chi connectivity index (χ3n) is 4.40. The van der Waals surface area contributed by atoms with Crippen LogP contribution >= 0.6 is 11.3 Å². The van der Waals surface area contributed by atoms with Crippen molar-refractivity contribution in [3.8, 4) is 0 Å². The van der Waals surface area contributed by atoms with Crippen molar-refractivity contribution in [2.45, 2.75) is 51.2 Å². The number of ether oxygens (including phenoxy) is 1. The summed E-state index contributed by atoms with van der Waals surface area (Å²) < 4.78 is 5.95. The van der Waals surface area contributed by atoms with Crippen molar-refractivity contribution >= 4 is 23.2 Å². The van der Waals surface area contributed by atoms with Crippen LogP contribution in [0.15, 0.2) is 22.5 Å². The van der Waals surface area contributed by atoms with Crippen molar-refractivity contribution in [3.05, 3.63) is 22.4 Å². The van der Waals surface area contributed by atoms with Gasteiger partial charge in [0, 0.05) is 32.1 Å². The molecule has 6 nitrogen and oxygen atoms in total. The average Bonchev–Trinajstić information content (AvgIpc) is 3.17. The summed E-state index contributed by atoms with van der Waals surface area (Å²) >= 11 is 1.70. The van der Waals surface area contributed by atoms with Gasteiger partial charge < -0.3 is 20.3 Å². The Balaban J connectivity index is 1.71. The van der Waals surface area contributed by atoms with Crippen LogP contribution in [-0.2, 0) is 16.1 Å². The van der Waals surface area contributed by atoms with E-state index in [2.05, 4.69) is 27.1 Å². The van der Waals surface area contributed by atoms with Gasteiger partial charge in [0.1, 0.15) is 6.54 Å². The molecule has 1 heterocycles. The van der Waals surface area contributed by atoms with Gasteiger partial charge in [0.15, 0.2) is 5.96 Å². The van der Waals surface area contributed by atoms with Crippen LogP contribution in [0.4, 0.5) is 0 Å². The normalized spacial score (nSPS) is 15.7. The Morgan fingerprint density at radius 2 is 2.12 bits per heavy atom. The molecule has 0 saturated heterocycles. The van der Waals surface area contributed by atoms with Gasteiger partial charge in [-0.2, -0.15) is 0 Å². The third kappa shape index (κ3) is 8.19. The fourth-order valence-corrected chi connectivity index (χ4v) is 3.45. The third-order valence-corrected chi connectivity index (χ3v) is 5.28. The number of carbonyl (C=O) groups is 1. The molecule has 0 aliphatic heterocycles. The number of hydrogen-bond acceptors (Lipinski definition) is 4. The summed E-state index contributed by atoms with van der Waals surface area (Å²) in [4.78, 5) is 19.0. The highest BCUT2D eigenvalue weighted by atomic mass is 32.1. The van der Waals surface area contributed by atoms with Crippen LogP contribution in [-0.4, -0.2) is 56.7 Å². The van der Waals surface area contributed by atoms with E-state index in [0.717, 1.165) is 19.6 Å². The molecule has 0 spiro atoms. The van der Waals surface area contributed by atoms with Crippen molar-refractivity contribution in [1.82, 2.24) is 15.5 Å². The fraction of sp³-hybridized carbons (Fsp3) is 0.684. The Morgan fingerprint density at radius 3 is 2.81 bits per heavy atom. The Bertz CT molecular complexity index is 540. The number of nitrogens with one attached hydrogen (secondary N) is 2. The number of guanidine groups is 1. The van der Waals surface area contributed by atoms with Gasteiger partial charge in [0.2, 0.25) is 5.91 Å². The Morgan fingerprint density at radius 1 is 1.31 bits per heavy atom. The molecule has 0 atom stereocenters. The zero-order valence-electron chi connectivity index (χ0n) is 16.0. The van der Waals surface area contributed by atoms with Gasteiger partial charge in [-0.1, -0.05) is 25.3 Å². The van der Waals surface area contributed by atoms with Crippen LogP contribution in [0.5, 0.6) is 0 Å². The summed E-state index contributed by atoms with van der Waals surface area (Å²) in [5, 5.41) is 8.66. The lowest BCUT2D eigenvalue weighted by atomic mass is 9.98. The molecule has 2 N–H and O–H groups in total. The summed E-state index contributed by atoms with van der Waals surface area (Å²) in [7, 11) is 3.49. The molecule has 146 valence electrons. The van der Waals surface area contributed by atoms with E-state index in [4.69, 9.17) is 4.74 Å². The van der Waals surface area contributed by atoms with Gasteiger partial charge in [0.05, 0.1) is 12.6 Å². The highest BCUT2D eigenvalue weighted by Crippen LogP contribution is 2.20. The van der Waals surface area contributed by atoms with Gasteiger partial charge >= 0.3 is 0 Å². The first-order chi connectivity index (χ1) is 12.6. The molecule has 1 fully saturated rings.